The van der Waals surface area contributed by atoms with Crippen LogP contribution in [0.4, 0.5) is 5.13 Å². The lowest BCUT2D eigenvalue weighted by Crippen LogP contribution is -2.41. The second-order valence-corrected chi connectivity index (χ2v) is 6.34. The summed E-state index contributed by atoms with van der Waals surface area (Å²) in [6.07, 6.45) is 0.438. The summed E-state index contributed by atoms with van der Waals surface area (Å²) >= 11 is 1.34. The SMILES string of the molecule is CC(C)c1nsc(NCCC(=O)NC(C)(C)C)n1. The molecule has 5 nitrogen and oxygen atoms in total. The topological polar surface area (TPSA) is 66.9 Å². The van der Waals surface area contributed by atoms with Crippen LogP contribution in [-0.4, -0.2) is 27.3 Å². The molecule has 6 heteroatoms. The van der Waals surface area contributed by atoms with Crippen molar-refractivity contribution in [3.8, 4) is 0 Å². The Morgan fingerprint density at radius 3 is 2.56 bits per heavy atom. The van der Waals surface area contributed by atoms with Crippen molar-refractivity contribution in [1.82, 2.24) is 14.7 Å². The highest BCUT2D eigenvalue weighted by molar-refractivity contribution is 7.09. The Kier molecular flexibility index (Phi) is 5.07. The van der Waals surface area contributed by atoms with Gasteiger partial charge in [0.15, 0.2) is 0 Å². The molecule has 18 heavy (non-hydrogen) atoms. The zero-order valence-electron chi connectivity index (χ0n) is 11.7. The van der Waals surface area contributed by atoms with Crippen LogP contribution in [0.3, 0.4) is 0 Å². The van der Waals surface area contributed by atoms with E-state index in [0.29, 0.717) is 18.9 Å². The van der Waals surface area contributed by atoms with E-state index in [1.54, 1.807) is 0 Å². The second-order valence-electron chi connectivity index (χ2n) is 5.59. The number of nitrogens with one attached hydrogen (secondary N) is 2. The Hall–Kier alpha value is -1.17. The molecule has 0 unspecified atom stereocenters. The van der Waals surface area contributed by atoms with Crippen LogP contribution in [0, 0.1) is 0 Å². The van der Waals surface area contributed by atoms with Crippen LogP contribution in [0.15, 0.2) is 0 Å². The first kappa shape index (κ1) is 14.9. The van der Waals surface area contributed by atoms with Crippen LogP contribution in [0.2, 0.25) is 0 Å². The van der Waals surface area contributed by atoms with Crippen molar-refractivity contribution in [1.29, 1.82) is 0 Å². The molecule has 1 amide bonds. The highest BCUT2D eigenvalue weighted by Gasteiger charge is 2.13. The van der Waals surface area contributed by atoms with Crippen molar-refractivity contribution in [3.05, 3.63) is 5.82 Å². The van der Waals surface area contributed by atoms with E-state index in [4.69, 9.17) is 0 Å². The zero-order chi connectivity index (χ0) is 13.8. The minimum absolute atomic E-state index is 0.0450. The molecule has 2 N–H and O–H groups in total. The first-order valence-corrected chi connectivity index (χ1v) is 6.94. The molecule has 0 aromatic carbocycles. The maximum absolute atomic E-state index is 11.6. The molecule has 0 aliphatic rings. The smallest absolute Gasteiger partial charge is 0.222 e. The molecule has 1 aromatic rings. The highest BCUT2D eigenvalue weighted by Crippen LogP contribution is 2.16. The van der Waals surface area contributed by atoms with E-state index in [1.165, 1.54) is 11.5 Å². The summed E-state index contributed by atoms with van der Waals surface area (Å²) in [6.45, 7) is 10.6. The fraction of sp³-hybridized carbons (Fsp3) is 0.750. The molecule has 0 atom stereocenters. The van der Waals surface area contributed by atoms with Gasteiger partial charge in [-0.2, -0.15) is 4.37 Å². The van der Waals surface area contributed by atoms with Gasteiger partial charge in [0.25, 0.3) is 0 Å². The van der Waals surface area contributed by atoms with Crippen molar-refractivity contribution in [2.75, 3.05) is 11.9 Å². The van der Waals surface area contributed by atoms with Crippen LogP contribution < -0.4 is 10.6 Å². The number of hydrogen-bond donors (Lipinski definition) is 2. The molecular formula is C12H22N4OS. The van der Waals surface area contributed by atoms with Crippen molar-refractivity contribution in [2.24, 2.45) is 0 Å². The summed E-state index contributed by atoms with van der Waals surface area (Å²) in [5.41, 5.74) is -0.176. The fourth-order valence-corrected chi connectivity index (χ4v) is 2.04. The molecule has 0 radical (unpaired) electrons. The molecule has 0 aliphatic heterocycles. The summed E-state index contributed by atoms with van der Waals surface area (Å²) in [5.74, 6) is 1.23. The highest BCUT2D eigenvalue weighted by atomic mass is 32.1. The van der Waals surface area contributed by atoms with Crippen LogP contribution >= 0.6 is 11.5 Å². The molecule has 102 valence electrons. The Morgan fingerprint density at radius 2 is 2.06 bits per heavy atom. The lowest BCUT2D eigenvalue weighted by atomic mass is 10.1. The molecule has 0 saturated carbocycles. The van der Waals surface area contributed by atoms with Gasteiger partial charge in [0, 0.05) is 36.0 Å². The Morgan fingerprint density at radius 1 is 1.39 bits per heavy atom. The van der Waals surface area contributed by atoms with E-state index in [0.717, 1.165) is 11.0 Å². The monoisotopic (exact) mass is 270 g/mol. The Bertz CT molecular complexity index is 395. The maximum Gasteiger partial charge on any atom is 0.222 e. The van der Waals surface area contributed by atoms with E-state index in [2.05, 4.69) is 33.8 Å². The molecule has 0 fully saturated rings. The number of hydrogen-bond acceptors (Lipinski definition) is 5. The van der Waals surface area contributed by atoms with Crippen LogP contribution in [0.25, 0.3) is 0 Å². The van der Waals surface area contributed by atoms with Crippen LogP contribution in [-0.2, 0) is 4.79 Å². The predicted octanol–water partition coefficient (Wildman–Crippen LogP) is 2.38. The quantitative estimate of drug-likeness (QED) is 0.862. The van der Waals surface area contributed by atoms with Gasteiger partial charge in [-0.3, -0.25) is 4.79 Å². The predicted molar refractivity (Wildman–Crippen MR) is 75.0 cm³/mol. The summed E-state index contributed by atoms with van der Waals surface area (Å²) in [7, 11) is 0. The van der Waals surface area contributed by atoms with Gasteiger partial charge >= 0.3 is 0 Å². The lowest BCUT2D eigenvalue weighted by molar-refractivity contribution is -0.122. The third kappa shape index (κ3) is 5.44. The van der Waals surface area contributed by atoms with Gasteiger partial charge in [0.2, 0.25) is 11.0 Å². The fourth-order valence-electron chi connectivity index (χ4n) is 1.30. The molecule has 1 heterocycles. The summed E-state index contributed by atoms with van der Waals surface area (Å²) < 4.78 is 4.24. The molecule has 0 bridgehead atoms. The summed E-state index contributed by atoms with van der Waals surface area (Å²) in [4.78, 5) is 15.9. The number of carbonyl (C=O) groups excluding carboxylic acids is 1. The first-order valence-electron chi connectivity index (χ1n) is 6.16. The normalized spacial score (nSPS) is 11.7. The molecule has 1 rings (SSSR count). The van der Waals surface area contributed by atoms with Gasteiger partial charge in [-0.05, 0) is 20.8 Å². The number of anilines is 1. The molecule has 0 aliphatic carbocycles. The molecule has 0 saturated heterocycles. The van der Waals surface area contributed by atoms with E-state index < -0.39 is 0 Å². The number of carbonyl (C=O) groups is 1. The average Bonchev–Trinajstić information content (AvgIpc) is 2.63. The standard InChI is InChI=1S/C12H22N4OS/c1-8(2)10-14-11(18-16-10)13-7-6-9(17)15-12(3,4)5/h8H,6-7H2,1-5H3,(H,15,17)(H,13,14,16). The summed E-state index contributed by atoms with van der Waals surface area (Å²) in [5, 5.41) is 6.82. The van der Waals surface area contributed by atoms with Crippen molar-refractivity contribution < 1.29 is 4.79 Å². The first-order chi connectivity index (χ1) is 8.28. The number of nitrogens with zero attached hydrogens (tertiary/aromatic N) is 2. The third-order valence-electron chi connectivity index (χ3n) is 2.10. The maximum atomic E-state index is 11.6. The van der Waals surface area contributed by atoms with Crippen LogP contribution in [0.1, 0.15) is 52.8 Å². The average molecular weight is 270 g/mol. The van der Waals surface area contributed by atoms with Gasteiger partial charge in [-0.25, -0.2) is 4.98 Å². The number of amides is 1. The van der Waals surface area contributed by atoms with Crippen molar-refractivity contribution in [3.63, 3.8) is 0 Å². The zero-order valence-corrected chi connectivity index (χ0v) is 12.5. The number of rotatable bonds is 5. The van der Waals surface area contributed by atoms with Gasteiger partial charge in [0.05, 0.1) is 0 Å². The summed E-state index contributed by atoms with van der Waals surface area (Å²) in [6, 6.07) is 0. The van der Waals surface area contributed by atoms with E-state index in [1.807, 2.05) is 20.8 Å². The van der Waals surface area contributed by atoms with Gasteiger partial charge in [-0.15, -0.1) is 0 Å². The molecule has 1 aromatic heterocycles. The van der Waals surface area contributed by atoms with E-state index in [9.17, 15) is 4.79 Å². The molecule has 0 spiro atoms. The number of aromatic nitrogens is 2. The largest absolute Gasteiger partial charge is 0.360 e. The van der Waals surface area contributed by atoms with Gasteiger partial charge in [0.1, 0.15) is 5.82 Å². The van der Waals surface area contributed by atoms with Crippen LogP contribution in [0.5, 0.6) is 0 Å². The van der Waals surface area contributed by atoms with Gasteiger partial charge < -0.3 is 10.6 Å². The van der Waals surface area contributed by atoms with Gasteiger partial charge in [-0.1, -0.05) is 13.8 Å². The van der Waals surface area contributed by atoms with Crippen molar-refractivity contribution >= 4 is 22.6 Å². The lowest BCUT2D eigenvalue weighted by Gasteiger charge is -2.20. The Balaban J connectivity index is 2.31. The molecular weight excluding hydrogens is 248 g/mol. The van der Waals surface area contributed by atoms with Crippen molar-refractivity contribution in [2.45, 2.75) is 52.5 Å². The van der Waals surface area contributed by atoms with E-state index >= 15 is 0 Å². The minimum atomic E-state index is -0.176. The second kappa shape index (κ2) is 6.13. The Labute approximate surface area is 113 Å². The third-order valence-corrected chi connectivity index (χ3v) is 2.79. The minimum Gasteiger partial charge on any atom is -0.360 e. The van der Waals surface area contributed by atoms with E-state index in [-0.39, 0.29) is 11.4 Å².